The fourth-order valence-corrected chi connectivity index (χ4v) is 3.52. The minimum atomic E-state index is -0.543. The number of fused-ring (bicyclic) bond motifs is 1. The van der Waals surface area contributed by atoms with E-state index in [1.165, 1.54) is 0 Å². The van der Waals surface area contributed by atoms with Gasteiger partial charge in [0.25, 0.3) is 5.91 Å². The molecule has 1 heterocycles. The molecule has 0 saturated heterocycles. The quantitative estimate of drug-likeness (QED) is 0.436. The Labute approximate surface area is 187 Å². The summed E-state index contributed by atoms with van der Waals surface area (Å²) in [5.41, 5.74) is 4.84. The Bertz CT molecular complexity index is 1240. The maximum Gasteiger partial charge on any atom is 0.339 e. The summed E-state index contributed by atoms with van der Waals surface area (Å²) in [4.78, 5) is 29.8. The number of rotatable bonds is 7. The number of carbonyl (C=O) groups excluding carboxylic acids is 2. The summed E-state index contributed by atoms with van der Waals surface area (Å²) < 4.78 is 5.35. The van der Waals surface area contributed by atoms with Crippen molar-refractivity contribution in [1.82, 2.24) is 10.3 Å². The lowest BCUT2D eigenvalue weighted by Crippen LogP contribution is -2.30. The zero-order valence-electron chi connectivity index (χ0n) is 17.9. The first-order valence-corrected chi connectivity index (χ1v) is 10.5. The van der Waals surface area contributed by atoms with E-state index in [-0.39, 0.29) is 12.5 Å². The predicted octanol–water partition coefficient (Wildman–Crippen LogP) is 4.73. The molecule has 0 unspecified atom stereocenters. The number of hydrogen-bond donors (Lipinski definition) is 1. The van der Waals surface area contributed by atoms with Crippen LogP contribution in [0.25, 0.3) is 22.2 Å². The third-order valence-electron chi connectivity index (χ3n) is 5.17. The molecule has 1 aromatic heterocycles. The molecule has 4 rings (SSSR count). The van der Waals surface area contributed by atoms with Gasteiger partial charge in [-0.05, 0) is 37.1 Å². The molecule has 0 atom stereocenters. The fraction of sp³-hybridized carbons (Fsp3) is 0.148. The van der Waals surface area contributed by atoms with E-state index in [0.29, 0.717) is 28.7 Å². The maximum atomic E-state index is 12.9. The standard InChI is InChI=1S/C27H24N2O3/c1-19-12-13-24-22(16-19)23(17-25(29-24)21-10-6-3-7-11-21)27(31)32-18-26(30)28-15-14-20-8-4-2-5-9-20/h2-13,16-17H,14-15,18H2,1H3,(H,28,30). The van der Waals surface area contributed by atoms with Crippen LogP contribution >= 0.6 is 0 Å². The average Bonchev–Trinajstić information content (AvgIpc) is 2.83. The van der Waals surface area contributed by atoms with E-state index in [4.69, 9.17) is 9.72 Å². The second-order valence-electron chi connectivity index (χ2n) is 7.60. The fourth-order valence-electron chi connectivity index (χ4n) is 3.52. The van der Waals surface area contributed by atoms with Gasteiger partial charge in [-0.2, -0.15) is 0 Å². The second kappa shape index (κ2) is 9.88. The molecule has 5 nitrogen and oxygen atoms in total. The molecule has 0 fully saturated rings. The summed E-state index contributed by atoms with van der Waals surface area (Å²) in [5, 5.41) is 3.50. The van der Waals surface area contributed by atoms with Crippen molar-refractivity contribution in [2.45, 2.75) is 13.3 Å². The first-order chi connectivity index (χ1) is 15.6. The number of benzene rings is 3. The van der Waals surface area contributed by atoms with Crippen molar-refractivity contribution in [1.29, 1.82) is 0 Å². The summed E-state index contributed by atoms with van der Waals surface area (Å²) >= 11 is 0. The first kappa shape index (κ1) is 21.2. The lowest BCUT2D eigenvalue weighted by atomic mass is 10.0. The number of ether oxygens (including phenoxy) is 1. The molecule has 4 aromatic rings. The van der Waals surface area contributed by atoms with Gasteiger partial charge in [0.05, 0.1) is 16.8 Å². The Hall–Kier alpha value is -3.99. The van der Waals surface area contributed by atoms with Crippen molar-refractivity contribution in [3.8, 4) is 11.3 Å². The van der Waals surface area contributed by atoms with Crippen molar-refractivity contribution < 1.29 is 14.3 Å². The molecule has 0 spiro atoms. The number of amides is 1. The maximum absolute atomic E-state index is 12.9. The summed E-state index contributed by atoms with van der Waals surface area (Å²) in [5.74, 6) is -0.870. The van der Waals surface area contributed by atoms with E-state index < -0.39 is 5.97 Å². The average molecular weight is 425 g/mol. The molecule has 0 aliphatic carbocycles. The third kappa shape index (κ3) is 5.19. The molecule has 32 heavy (non-hydrogen) atoms. The lowest BCUT2D eigenvalue weighted by molar-refractivity contribution is -0.124. The second-order valence-corrected chi connectivity index (χ2v) is 7.60. The van der Waals surface area contributed by atoms with E-state index >= 15 is 0 Å². The zero-order valence-corrected chi connectivity index (χ0v) is 17.9. The van der Waals surface area contributed by atoms with Crippen molar-refractivity contribution in [3.05, 3.63) is 102 Å². The molecule has 1 N–H and O–H groups in total. The Kier molecular flexibility index (Phi) is 6.56. The largest absolute Gasteiger partial charge is 0.452 e. The van der Waals surface area contributed by atoms with Crippen LogP contribution in [0, 0.1) is 6.92 Å². The molecule has 5 heteroatoms. The van der Waals surface area contributed by atoms with Crippen molar-refractivity contribution in [2.24, 2.45) is 0 Å². The van der Waals surface area contributed by atoms with Gasteiger partial charge in [0.15, 0.2) is 6.61 Å². The smallest absolute Gasteiger partial charge is 0.339 e. The number of pyridine rings is 1. The highest BCUT2D eigenvalue weighted by Gasteiger charge is 2.17. The van der Waals surface area contributed by atoms with Crippen LogP contribution in [0.5, 0.6) is 0 Å². The Balaban J connectivity index is 1.47. The van der Waals surface area contributed by atoms with Crippen LogP contribution in [0.1, 0.15) is 21.5 Å². The van der Waals surface area contributed by atoms with Gasteiger partial charge in [0.1, 0.15) is 0 Å². The van der Waals surface area contributed by atoms with Gasteiger partial charge in [0, 0.05) is 17.5 Å². The Morgan fingerprint density at radius 1 is 0.906 bits per heavy atom. The molecular formula is C27H24N2O3. The predicted molar refractivity (Wildman–Crippen MR) is 125 cm³/mol. The summed E-state index contributed by atoms with van der Waals surface area (Å²) in [7, 11) is 0. The van der Waals surface area contributed by atoms with Gasteiger partial charge in [-0.15, -0.1) is 0 Å². The van der Waals surface area contributed by atoms with Crippen molar-refractivity contribution in [3.63, 3.8) is 0 Å². The van der Waals surface area contributed by atoms with Gasteiger partial charge in [0.2, 0.25) is 0 Å². The Morgan fingerprint density at radius 3 is 2.38 bits per heavy atom. The van der Waals surface area contributed by atoms with Crippen LogP contribution in [0.4, 0.5) is 0 Å². The molecule has 0 aliphatic rings. The van der Waals surface area contributed by atoms with Gasteiger partial charge < -0.3 is 10.1 Å². The van der Waals surface area contributed by atoms with Crippen molar-refractivity contribution >= 4 is 22.8 Å². The highest BCUT2D eigenvalue weighted by atomic mass is 16.5. The summed E-state index contributed by atoms with van der Waals surface area (Å²) in [6, 6.07) is 27.0. The zero-order chi connectivity index (χ0) is 22.3. The Morgan fingerprint density at radius 2 is 1.62 bits per heavy atom. The van der Waals surface area contributed by atoms with Crippen molar-refractivity contribution in [2.75, 3.05) is 13.2 Å². The van der Waals surface area contributed by atoms with Crippen LogP contribution < -0.4 is 5.32 Å². The monoisotopic (exact) mass is 424 g/mol. The third-order valence-corrected chi connectivity index (χ3v) is 5.17. The summed E-state index contributed by atoms with van der Waals surface area (Å²) in [6.07, 6.45) is 0.717. The minimum Gasteiger partial charge on any atom is -0.452 e. The highest BCUT2D eigenvalue weighted by Crippen LogP contribution is 2.26. The van der Waals surface area contributed by atoms with Crippen LogP contribution in [0.15, 0.2) is 84.9 Å². The van der Waals surface area contributed by atoms with E-state index in [1.807, 2.05) is 85.8 Å². The number of carbonyl (C=O) groups is 2. The first-order valence-electron chi connectivity index (χ1n) is 10.5. The van der Waals surface area contributed by atoms with Gasteiger partial charge >= 0.3 is 5.97 Å². The van der Waals surface area contributed by atoms with Crippen LogP contribution in [0.3, 0.4) is 0 Å². The molecule has 0 radical (unpaired) electrons. The van der Waals surface area contributed by atoms with E-state index in [0.717, 1.165) is 23.1 Å². The lowest BCUT2D eigenvalue weighted by Gasteiger charge is -2.11. The van der Waals surface area contributed by atoms with E-state index in [9.17, 15) is 9.59 Å². The molecule has 0 saturated carbocycles. The number of nitrogens with one attached hydrogen (secondary N) is 1. The molecular weight excluding hydrogens is 400 g/mol. The number of hydrogen-bond acceptors (Lipinski definition) is 4. The number of aromatic nitrogens is 1. The molecule has 1 amide bonds. The SMILES string of the molecule is Cc1ccc2nc(-c3ccccc3)cc(C(=O)OCC(=O)NCCc3ccccc3)c2c1. The van der Waals surface area contributed by atoms with Gasteiger partial charge in [-0.25, -0.2) is 9.78 Å². The van der Waals surface area contributed by atoms with Crippen LogP contribution in [-0.2, 0) is 16.0 Å². The molecule has 3 aromatic carbocycles. The normalized spacial score (nSPS) is 10.7. The minimum absolute atomic E-state index is 0.327. The van der Waals surface area contributed by atoms with Crippen LogP contribution in [0.2, 0.25) is 0 Å². The van der Waals surface area contributed by atoms with Gasteiger partial charge in [-0.1, -0.05) is 72.3 Å². The topological polar surface area (TPSA) is 68.3 Å². The molecule has 160 valence electrons. The molecule has 0 aliphatic heterocycles. The number of esters is 1. The van der Waals surface area contributed by atoms with Gasteiger partial charge in [-0.3, -0.25) is 4.79 Å². The molecule has 0 bridgehead atoms. The number of nitrogens with zero attached hydrogens (tertiary/aromatic N) is 1. The van der Waals surface area contributed by atoms with E-state index in [2.05, 4.69) is 5.32 Å². The summed E-state index contributed by atoms with van der Waals surface area (Å²) in [6.45, 7) is 2.11. The van der Waals surface area contributed by atoms with Crippen LogP contribution in [-0.4, -0.2) is 30.0 Å². The number of aryl methyl sites for hydroxylation is 1. The van der Waals surface area contributed by atoms with E-state index in [1.54, 1.807) is 6.07 Å². The highest BCUT2D eigenvalue weighted by molar-refractivity contribution is 6.05.